The molecule has 1 aliphatic heterocycles. The van der Waals surface area contributed by atoms with Crippen LogP contribution in [0.3, 0.4) is 0 Å². The summed E-state index contributed by atoms with van der Waals surface area (Å²) in [4.78, 5) is 14.2. The van der Waals surface area contributed by atoms with Gasteiger partial charge in [-0.15, -0.1) is 12.2 Å². The maximum Gasteiger partial charge on any atom is 0.178 e. The van der Waals surface area contributed by atoms with Gasteiger partial charge in [-0.1, -0.05) is 62.4 Å². The van der Waals surface area contributed by atoms with Crippen molar-refractivity contribution in [2.24, 2.45) is 5.92 Å². The van der Waals surface area contributed by atoms with Gasteiger partial charge < -0.3 is 24.6 Å². The molecule has 7 nitrogen and oxygen atoms in total. The molecule has 0 N–H and O–H groups in total. The van der Waals surface area contributed by atoms with Gasteiger partial charge in [0, 0.05) is 40.9 Å². The first-order valence-electron chi connectivity index (χ1n) is 13.9. The number of hydrogen-bond donors (Lipinski definition) is 0. The molecule has 1 fully saturated rings. The highest BCUT2D eigenvalue weighted by Crippen LogP contribution is 2.45. The van der Waals surface area contributed by atoms with Crippen molar-refractivity contribution in [3.63, 3.8) is 0 Å². The number of hydrogen-bond acceptors (Lipinski definition) is 6. The van der Waals surface area contributed by atoms with Crippen molar-refractivity contribution >= 4 is 44.5 Å². The highest BCUT2D eigenvalue weighted by atomic mass is 16.3. The summed E-state index contributed by atoms with van der Waals surface area (Å²) in [6.45, 7) is 5.73. The van der Waals surface area contributed by atoms with Crippen LogP contribution in [0.4, 0.5) is 11.6 Å². The van der Waals surface area contributed by atoms with Crippen LogP contribution in [-0.2, 0) is 0 Å². The number of benzene rings is 3. The fourth-order valence-electron chi connectivity index (χ4n) is 6.39. The Labute approximate surface area is 227 Å². The van der Waals surface area contributed by atoms with E-state index in [1.165, 1.54) is 0 Å². The Hall–Kier alpha value is -3.94. The van der Waals surface area contributed by atoms with E-state index in [0.717, 1.165) is 76.2 Å². The summed E-state index contributed by atoms with van der Waals surface area (Å²) < 4.78 is 2.00. The zero-order valence-electron chi connectivity index (χ0n) is 22.2. The molecular weight excluding hydrogens is 486 g/mol. The molecule has 3 heterocycles. The van der Waals surface area contributed by atoms with Crippen molar-refractivity contribution in [1.82, 2.24) is 14.5 Å². The van der Waals surface area contributed by atoms with Crippen molar-refractivity contribution in [3.05, 3.63) is 84.7 Å². The summed E-state index contributed by atoms with van der Waals surface area (Å²) in [5, 5.41) is 29.9. The van der Waals surface area contributed by atoms with Gasteiger partial charge >= 0.3 is 0 Å². The first kappa shape index (κ1) is 24.1. The predicted octanol–water partition coefficient (Wildman–Crippen LogP) is 4.35. The Morgan fingerprint density at radius 1 is 0.692 bits per heavy atom. The largest absolute Gasteiger partial charge is 0.850 e. The summed E-state index contributed by atoms with van der Waals surface area (Å²) in [6.07, 6.45) is 1.65. The lowest BCUT2D eigenvalue weighted by molar-refractivity contribution is -0.550. The standard InChI is InChI=1S/C32H31N5O2/c1-3-17-35-27(36(18-4-2)32-31(35)33-23-13-7-8-14-24(23)34-32)19-22-29(38)28(30(22)39)37-25-15-9-5-11-20(25)21-12-6-10-16-26(21)37/h5-16,19,22,28-30H,3-4,17-18H2,1-2H3/q-2. The van der Waals surface area contributed by atoms with E-state index in [2.05, 4.69) is 35.8 Å². The van der Waals surface area contributed by atoms with Crippen LogP contribution in [0.15, 0.2) is 84.7 Å². The molecule has 1 aliphatic carbocycles. The van der Waals surface area contributed by atoms with Gasteiger partial charge in [-0.05, 0) is 49.1 Å². The number of fused-ring (bicyclic) bond motifs is 5. The molecule has 3 aromatic carbocycles. The Kier molecular flexibility index (Phi) is 5.79. The van der Waals surface area contributed by atoms with Crippen LogP contribution in [0.1, 0.15) is 32.7 Å². The minimum atomic E-state index is -1.05. The fraction of sp³-hybridized carbons (Fsp3) is 0.312. The molecule has 5 aromatic rings. The molecule has 2 unspecified atom stereocenters. The van der Waals surface area contributed by atoms with Gasteiger partial charge in [0.05, 0.1) is 11.0 Å². The van der Waals surface area contributed by atoms with Crippen LogP contribution >= 0.6 is 0 Å². The van der Waals surface area contributed by atoms with Crippen LogP contribution in [0.25, 0.3) is 32.8 Å². The molecule has 2 aliphatic rings. The van der Waals surface area contributed by atoms with Gasteiger partial charge in [-0.3, -0.25) is 0 Å². The fourth-order valence-corrected chi connectivity index (χ4v) is 6.39. The molecular formula is C32H31N5O2-2. The number of nitrogens with zero attached hydrogens (tertiary/aromatic N) is 5. The zero-order valence-corrected chi connectivity index (χ0v) is 22.2. The summed E-state index contributed by atoms with van der Waals surface area (Å²) in [7, 11) is 0. The average Bonchev–Trinajstić information content (AvgIpc) is 3.43. The third-order valence-corrected chi connectivity index (χ3v) is 8.18. The summed E-state index contributed by atoms with van der Waals surface area (Å²) >= 11 is 0. The SMILES string of the molecule is CCCN1C(=CC2C([O-])C(n3c4ccccc4c4ccccc43)C2[O-])N(CCC)c2nc3ccccc3nc21. The Morgan fingerprint density at radius 2 is 1.15 bits per heavy atom. The first-order valence-corrected chi connectivity index (χ1v) is 13.9. The summed E-state index contributed by atoms with van der Waals surface area (Å²) in [6, 6.07) is 23.4. The molecule has 2 aromatic heterocycles. The maximum absolute atomic E-state index is 13.9. The third-order valence-electron chi connectivity index (χ3n) is 8.18. The minimum absolute atomic E-state index is 0.632. The Morgan fingerprint density at radius 3 is 1.64 bits per heavy atom. The topological polar surface area (TPSA) is 83.3 Å². The predicted molar refractivity (Wildman–Crippen MR) is 152 cm³/mol. The number of anilines is 2. The number of para-hydroxylation sites is 4. The molecule has 0 amide bonds. The Balaban J connectivity index is 1.30. The zero-order chi connectivity index (χ0) is 26.7. The Bertz CT molecular complexity index is 1610. The molecule has 0 spiro atoms. The second kappa shape index (κ2) is 9.36. The second-order valence-electron chi connectivity index (χ2n) is 10.6. The van der Waals surface area contributed by atoms with Crippen LogP contribution in [0.5, 0.6) is 0 Å². The van der Waals surface area contributed by atoms with Gasteiger partial charge in [0.1, 0.15) is 5.82 Å². The smallest absolute Gasteiger partial charge is 0.178 e. The molecule has 0 radical (unpaired) electrons. The van der Waals surface area contributed by atoms with E-state index in [9.17, 15) is 10.2 Å². The van der Waals surface area contributed by atoms with E-state index in [-0.39, 0.29) is 0 Å². The minimum Gasteiger partial charge on any atom is -0.850 e. The van der Waals surface area contributed by atoms with Crippen molar-refractivity contribution < 1.29 is 10.2 Å². The summed E-state index contributed by atoms with van der Waals surface area (Å²) in [5.41, 5.74) is 3.58. The van der Waals surface area contributed by atoms with E-state index in [1.807, 2.05) is 71.3 Å². The van der Waals surface area contributed by atoms with E-state index < -0.39 is 24.2 Å². The van der Waals surface area contributed by atoms with Gasteiger partial charge in [0.2, 0.25) is 0 Å². The van der Waals surface area contributed by atoms with Gasteiger partial charge in [-0.25, -0.2) is 9.97 Å². The van der Waals surface area contributed by atoms with Gasteiger partial charge in [-0.2, -0.15) is 0 Å². The first-order chi connectivity index (χ1) is 19.1. The summed E-state index contributed by atoms with van der Waals surface area (Å²) in [5.74, 6) is 1.85. The quantitative estimate of drug-likeness (QED) is 0.333. The number of aromatic nitrogens is 3. The average molecular weight is 518 g/mol. The van der Waals surface area contributed by atoms with Gasteiger partial charge in [0.25, 0.3) is 0 Å². The lowest BCUT2D eigenvalue weighted by Crippen LogP contribution is -2.66. The van der Waals surface area contributed by atoms with E-state index >= 15 is 0 Å². The van der Waals surface area contributed by atoms with Gasteiger partial charge in [0.15, 0.2) is 11.6 Å². The van der Waals surface area contributed by atoms with Crippen molar-refractivity contribution in [3.8, 4) is 0 Å². The molecule has 0 saturated heterocycles. The van der Waals surface area contributed by atoms with Crippen LogP contribution in [0.2, 0.25) is 0 Å². The van der Waals surface area contributed by atoms with E-state index in [0.29, 0.717) is 0 Å². The molecule has 39 heavy (non-hydrogen) atoms. The van der Waals surface area contributed by atoms with Crippen LogP contribution < -0.4 is 20.0 Å². The maximum atomic E-state index is 13.9. The lowest BCUT2D eigenvalue weighted by atomic mass is 9.73. The molecule has 7 heteroatoms. The molecule has 2 atom stereocenters. The normalized spacial score (nSPS) is 22.6. The van der Waals surface area contributed by atoms with Crippen molar-refractivity contribution in [2.75, 3.05) is 22.9 Å². The molecule has 7 rings (SSSR count). The lowest BCUT2D eigenvalue weighted by Gasteiger charge is -2.61. The molecule has 0 bridgehead atoms. The molecule has 198 valence electrons. The second-order valence-corrected chi connectivity index (χ2v) is 10.6. The highest BCUT2D eigenvalue weighted by molar-refractivity contribution is 6.08. The molecule has 1 saturated carbocycles. The third kappa shape index (κ3) is 3.57. The monoisotopic (exact) mass is 517 g/mol. The van der Waals surface area contributed by atoms with Crippen LogP contribution in [0, 0.1) is 5.92 Å². The van der Waals surface area contributed by atoms with Crippen LogP contribution in [-0.4, -0.2) is 39.8 Å². The van der Waals surface area contributed by atoms with Crippen molar-refractivity contribution in [1.29, 1.82) is 0 Å². The highest BCUT2D eigenvalue weighted by Gasteiger charge is 2.41. The van der Waals surface area contributed by atoms with Crippen molar-refractivity contribution in [2.45, 2.75) is 44.9 Å². The van der Waals surface area contributed by atoms with E-state index in [4.69, 9.17) is 9.97 Å². The number of rotatable bonds is 6. The van der Waals surface area contributed by atoms with E-state index in [1.54, 1.807) is 0 Å².